The molecule has 0 bridgehead atoms. The molecular formula is C26H15N3. The van der Waals surface area contributed by atoms with Gasteiger partial charge in [-0.05, 0) is 35.4 Å². The zero-order chi connectivity index (χ0) is 18.9. The molecule has 0 saturated heterocycles. The summed E-state index contributed by atoms with van der Waals surface area (Å²) in [6, 6.07) is 31.8. The van der Waals surface area contributed by atoms with Gasteiger partial charge in [0.15, 0.2) is 5.65 Å². The normalized spacial score (nSPS) is 12.1. The Kier molecular flexibility index (Phi) is 2.74. The minimum atomic E-state index is 0.926. The number of hydrogen-bond donors (Lipinski definition) is 0. The molecule has 3 aromatic heterocycles. The van der Waals surface area contributed by atoms with E-state index in [9.17, 15) is 0 Å². The van der Waals surface area contributed by atoms with Crippen molar-refractivity contribution in [2.45, 2.75) is 0 Å². The summed E-state index contributed by atoms with van der Waals surface area (Å²) < 4.78 is 2.28. The second kappa shape index (κ2) is 5.30. The number of nitrogens with zero attached hydrogens (tertiary/aromatic N) is 3. The number of para-hydroxylation sites is 3. The maximum Gasteiger partial charge on any atom is 0.165 e. The second-order valence-corrected chi connectivity index (χ2v) is 7.52. The molecule has 0 aliphatic rings. The molecule has 7 rings (SSSR count). The fraction of sp³-hybridized carbons (Fsp3) is 0. The molecule has 3 nitrogen and oxygen atoms in total. The topological polar surface area (TPSA) is 30.2 Å². The molecule has 0 spiro atoms. The van der Waals surface area contributed by atoms with Gasteiger partial charge >= 0.3 is 0 Å². The quantitative estimate of drug-likeness (QED) is 0.333. The van der Waals surface area contributed by atoms with Crippen molar-refractivity contribution in [3.05, 3.63) is 91.0 Å². The fourth-order valence-corrected chi connectivity index (χ4v) is 4.62. The van der Waals surface area contributed by atoms with Crippen LogP contribution in [0.2, 0.25) is 0 Å². The molecule has 0 fully saturated rings. The first-order chi connectivity index (χ1) is 14.4. The lowest BCUT2D eigenvalue weighted by molar-refractivity contribution is 1.28. The van der Waals surface area contributed by atoms with Crippen LogP contribution in [0.25, 0.3) is 60.5 Å². The van der Waals surface area contributed by atoms with Gasteiger partial charge < -0.3 is 0 Å². The van der Waals surface area contributed by atoms with Crippen LogP contribution in [0.4, 0.5) is 0 Å². The third-order valence-corrected chi connectivity index (χ3v) is 5.91. The molecule has 0 saturated carbocycles. The summed E-state index contributed by atoms with van der Waals surface area (Å²) in [5.74, 6) is 0. The van der Waals surface area contributed by atoms with Crippen LogP contribution in [0, 0.1) is 0 Å². The van der Waals surface area contributed by atoms with Crippen molar-refractivity contribution in [2.24, 2.45) is 0 Å². The third kappa shape index (κ3) is 1.91. The van der Waals surface area contributed by atoms with Gasteiger partial charge in [-0.15, -0.1) is 0 Å². The van der Waals surface area contributed by atoms with Crippen molar-refractivity contribution in [3.63, 3.8) is 0 Å². The van der Waals surface area contributed by atoms with Gasteiger partial charge in [-0.2, -0.15) is 0 Å². The van der Waals surface area contributed by atoms with Crippen molar-refractivity contribution < 1.29 is 0 Å². The summed E-state index contributed by atoms with van der Waals surface area (Å²) in [4.78, 5) is 9.96. The summed E-state index contributed by atoms with van der Waals surface area (Å²) in [6.45, 7) is 0. The Balaban J connectivity index is 1.67. The van der Waals surface area contributed by atoms with E-state index in [1.165, 1.54) is 32.9 Å². The molecule has 0 atom stereocenters. The van der Waals surface area contributed by atoms with E-state index in [1.807, 2.05) is 24.3 Å². The first-order valence-corrected chi connectivity index (χ1v) is 9.79. The summed E-state index contributed by atoms with van der Waals surface area (Å²) in [6.07, 6.45) is 0. The molecule has 7 aromatic rings. The Morgan fingerprint density at radius 1 is 0.552 bits per heavy atom. The van der Waals surface area contributed by atoms with Crippen LogP contribution in [0.15, 0.2) is 91.0 Å². The van der Waals surface area contributed by atoms with Gasteiger partial charge in [-0.25, -0.2) is 9.97 Å². The molecule has 0 aliphatic heterocycles. The summed E-state index contributed by atoms with van der Waals surface area (Å²) in [5, 5.41) is 3.66. The number of benzene rings is 4. The number of rotatable bonds is 1. The zero-order valence-corrected chi connectivity index (χ0v) is 15.5. The lowest BCUT2D eigenvalue weighted by Crippen LogP contribution is -1.89. The highest BCUT2D eigenvalue weighted by atomic mass is 15.0. The predicted molar refractivity (Wildman–Crippen MR) is 120 cm³/mol. The predicted octanol–water partition coefficient (Wildman–Crippen LogP) is 6.45. The van der Waals surface area contributed by atoms with Crippen LogP contribution in [0.5, 0.6) is 0 Å². The average molecular weight is 369 g/mol. The molecule has 0 aliphatic carbocycles. The standard InChI is InChI=1S/C26H15N3/c1-2-7-16(8-3-1)17-13-14-23-20(15-17)18-9-6-10-19-24-26(29(23)25(18)19)28-22-12-5-4-11-21(22)27-24/h1-15H. The Bertz CT molecular complexity index is 1690. The second-order valence-electron chi connectivity index (χ2n) is 7.52. The smallest absolute Gasteiger partial charge is 0.165 e. The summed E-state index contributed by atoms with van der Waals surface area (Å²) in [7, 11) is 0. The van der Waals surface area contributed by atoms with Crippen molar-refractivity contribution in [1.82, 2.24) is 14.4 Å². The van der Waals surface area contributed by atoms with Crippen LogP contribution in [-0.4, -0.2) is 14.4 Å². The van der Waals surface area contributed by atoms with Crippen molar-refractivity contribution in [1.29, 1.82) is 0 Å². The van der Waals surface area contributed by atoms with Gasteiger partial charge in [0.25, 0.3) is 0 Å². The average Bonchev–Trinajstić information content (AvgIpc) is 3.29. The highest BCUT2D eigenvalue weighted by molar-refractivity contribution is 6.22. The van der Waals surface area contributed by atoms with Gasteiger partial charge in [-0.1, -0.05) is 66.7 Å². The van der Waals surface area contributed by atoms with E-state index in [1.54, 1.807) is 0 Å². The summed E-state index contributed by atoms with van der Waals surface area (Å²) in [5.41, 5.74) is 8.60. The Hall–Kier alpha value is -3.98. The molecule has 3 heterocycles. The van der Waals surface area contributed by atoms with Crippen LogP contribution in [0.1, 0.15) is 0 Å². The third-order valence-electron chi connectivity index (χ3n) is 5.91. The van der Waals surface area contributed by atoms with Crippen LogP contribution in [0.3, 0.4) is 0 Å². The maximum atomic E-state index is 5.00. The zero-order valence-electron chi connectivity index (χ0n) is 15.5. The van der Waals surface area contributed by atoms with Gasteiger partial charge in [0.2, 0.25) is 0 Å². The minimum Gasteiger partial charge on any atom is -0.291 e. The number of aromatic nitrogens is 3. The maximum absolute atomic E-state index is 5.00. The molecule has 3 heteroatoms. The minimum absolute atomic E-state index is 0.926. The van der Waals surface area contributed by atoms with Gasteiger partial charge in [0.05, 0.1) is 22.1 Å². The molecule has 0 radical (unpaired) electrons. The lowest BCUT2D eigenvalue weighted by Gasteiger charge is -2.03. The molecule has 29 heavy (non-hydrogen) atoms. The molecule has 4 aromatic carbocycles. The van der Waals surface area contributed by atoms with Crippen molar-refractivity contribution in [2.75, 3.05) is 0 Å². The van der Waals surface area contributed by atoms with E-state index < -0.39 is 0 Å². The highest BCUT2D eigenvalue weighted by Crippen LogP contribution is 2.39. The molecule has 0 N–H and O–H groups in total. The SMILES string of the molecule is c1ccc(-c2ccc3c(c2)c2cccc4c5nc6ccccc6nc5n3c24)cc1. The van der Waals surface area contributed by atoms with Crippen LogP contribution >= 0.6 is 0 Å². The fourth-order valence-electron chi connectivity index (χ4n) is 4.62. The molecular weight excluding hydrogens is 354 g/mol. The molecule has 134 valence electrons. The monoisotopic (exact) mass is 369 g/mol. The van der Waals surface area contributed by atoms with Crippen LogP contribution < -0.4 is 0 Å². The first-order valence-electron chi connectivity index (χ1n) is 9.79. The Labute approximate surface area is 166 Å². The van der Waals surface area contributed by atoms with E-state index in [0.717, 1.165) is 27.6 Å². The number of fused-ring (bicyclic) bond motifs is 7. The Morgan fingerprint density at radius 2 is 1.31 bits per heavy atom. The summed E-state index contributed by atoms with van der Waals surface area (Å²) >= 11 is 0. The van der Waals surface area contributed by atoms with Gasteiger partial charge in [0.1, 0.15) is 5.52 Å². The van der Waals surface area contributed by atoms with E-state index >= 15 is 0 Å². The number of hydrogen-bond acceptors (Lipinski definition) is 2. The lowest BCUT2D eigenvalue weighted by atomic mass is 10.0. The van der Waals surface area contributed by atoms with E-state index in [-0.39, 0.29) is 0 Å². The van der Waals surface area contributed by atoms with E-state index in [0.29, 0.717) is 0 Å². The van der Waals surface area contributed by atoms with Gasteiger partial charge in [0, 0.05) is 16.2 Å². The molecule has 0 unspecified atom stereocenters. The van der Waals surface area contributed by atoms with E-state index in [2.05, 4.69) is 71.1 Å². The van der Waals surface area contributed by atoms with Crippen molar-refractivity contribution in [3.8, 4) is 11.1 Å². The largest absolute Gasteiger partial charge is 0.291 e. The first kappa shape index (κ1) is 15.0. The van der Waals surface area contributed by atoms with E-state index in [4.69, 9.17) is 9.97 Å². The highest BCUT2D eigenvalue weighted by Gasteiger charge is 2.19. The van der Waals surface area contributed by atoms with Gasteiger partial charge in [-0.3, -0.25) is 4.40 Å². The van der Waals surface area contributed by atoms with Crippen molar-refractivity contribution >= 4 is 49.4 Å². The van der Waals surface area contributed by atoms with Crippen LogP contribution in [-0.2, 0) is 0 Å². The Morgan fingerprint density at radius 3 is 2.17 bits per heavy atom. The molecule has 0 amide bonds.